The van der Waals surface area contributed by atoms with Crippen molar-refractivity contribution in [2.24, 2.45) is 5.14 Å². The number of aryl methyl sites for hydroxylation is 2. The van der Waals surface area contributed by atoms with Gasteiger partial charge in [-0.3, -0.25) is 4.79 Å². The Morgan fingerprint density at radius 2 is 2.05 bits per heavy atom. The molecule has 116 valence electrons. The van der Waals surface area contributed by atoms with E-state index in [9.17, 15) is 13.2 Å². The number of carbonyl (C=O) groups excluding carboxylic acids is 1. The van der Waals surface area contributed by atoms with E-state index < -0.39 is 15.3 Å². The third kappa shape index (κ3) is 4.04. The molecule has 1 amide bonds. The number of carbonyl (C=O) groups is 1. The highest BCUT2D eigenvalue weighted by atomic mass is 32.2. The number of hydrogen-bond acceptors (Lipinski definition) is 3. The zero-order chi connectivity index (χ0) is 15.6. The Bertz CT molecular complexity index is 640. The molecule has 0 bridgehead atoms. The number of likely N-dealkylation sites (tertiary alicyclic amines) is 1. The van der Waals surface area contributed by atoms with Crippen molar-refractivity contribution < 1.29 is 13.2 Å². The summed E-state index contributed by atoms with van der Waals surface area (Å²) in [5.74, 6) is -0.0356. The minimum absolute atomic E-state index is 0.0356. The zero-order valence-corrected chi connectivity index (χ0v) is 13.3. The third-order valence-corrected chi connectivity index (χ3v) is 5.44. The summed E-state index contributed by atoms with van der Waals surface area (Å²) >= 11 is 0. The van der Waals surface area contributed by atoms with E-state index in [1.54, 1.807) is 4.90 Å². The number of piperidine rings is 1. The van der Waals surface area contributed by atoms with Crippen molar-refractivity contribution in [3.63, 3.8) is 0 Å². The lowest BCUT2D eigenvalue weighted by molar-refractivity contribution is -0.131. The molecule has 0 aliphatic carbocycles. The monoisotopic (exact) mass is 310 g/mol. The van der Waals surface area contributed by atoms with Crippen molar-refractivity contribution in [1.29, 1.82) is 0 Å². The summed E-state index contributed by atoms with van der Waals surface area (Å²) < 4.78 is 22.9. The lowest BCUT2D eigenvalue weighted by Gasteiger charge is -2.31. The van der Waals surface area contributed by atoms with Gasteiger partial charge in [0.1, 0.15) is 0 Å². The normalized spacial score (nSPS) is 19.6. The summed E-state index contributed by atoms with van der Waals surface area (Å²) in [6.45, 7) is 4.86. The van der Waals surface area contributed by atoms with Crippen LogP contribution in [0.4, 0.5) is 0 Å². The summed E-state index contributed by atoms with van der Waals surface area (Å²) in [6.07, 6.45) is 1.52. The molecule has 0 radical (unpaired) electrons. The van der Waals surface area contributed by atoms with E-state index in [4.69, 9.17) is 5.14 Å². The molecule has 2 rings (SSSR count). The second-order valence-electron chi connectivity index (χ2n) is 5.79. The first-order valence-corrected chi connectivity index (χ1v) is 8.74. The number of hydrogen-bond donors (Lipinski definition) is 1. The zero-order valence-electron chi connectivity index (χ0n) is 12.5. The van der Waals surface area contributed by atoms with Gasteiger partial charge in [0.05, 0.1) is 11.7 Å². The molecule has 1 unspecified atom stereocenters. The fourth-order valence-electron chi connectivity index (χ4n) is 2.63. The first kappa shape index (κ1) is 16.0. The molecule has 1 aromatic carbocycles. The van der Waals surface area contributed by atoms with Gasteiger partial charge < -0.3 is 4.90 Å². The van der Waals surface area contributed by atoms with Gasteiger partial charge >= 0.3 is 0 Å². The maximum absolute atomic E-state index is 12.3. The molecule has 1 aliphatic rings. The van der Waals surface area contributed by atoms with Crippen molar-refractivity contribution in [3.8, 4) is 0 Å². The van der Waals surface area contributed by atoms with E-state index in [0.29, 0.717) is 25.8 Å². The first-order chi connectivity index (χ1) is 9.77. The van der Waals surface area contributed by atoms with Crippen LogP contribution in [0.25, 0.3) is 0 Å². The van der Waals surface area contributed by atoms with Crippen molar-refractivity contribution in [2.75, 3.05) is 13.1 Å². The molecule has 0 saturated carbocycles. The van der Waals surface area contributed by atoms with E-state index in [2.05, 4.69) is 0 Å². The maximum atomic E-state index is 12.3. The van der Waals surface area contributed by atoms with Gasteiger partial charge in [0.2, 0.25) is 15.9 Å². The Labute approximate surface area is 126 Å². The number of nitrogens with two attached hydrogens (primary N) is 1. The van der Waals surface area contributed by atoms with Crippen LogP contribution >= 0.6 is 0 Å². The third-order valence-electron chi connectivity index (χ3n) is 4.12. The van der Waals surface area contributed by atoms with Crippen LogP contribution in [0.5, 0.6) is 0 Å². The van der Waals surface area contributed by atoms with Crippen molar-refractivity contribution in [1.82, 2.24) is 4.90 Å². The second kappa shape index (κ2) is 6.15. The van der Waals surface area contributed by atoms with Crippen LogP contribution in [0.3, 0.4) is 0 Å². The molecule has 0 spiro atoms. The fraction of sp³-hybridized carbons (Fsp3) is 0.533. The molecule has 5 nitrogen and oxygen atoms in total. The van der Waals surface area contributed by atoms with Crippen LogP contribution in [0.2, 0.25) is 0 Å². The molecule has 1 saturated heterocycles. The molecule has 0 aromatic heterocycles. The summed E-state index contributed by atoms with van der Waals surface area (Å²) in [6, 6.07) is 5.96. The highest BCUT2D eigenvalue weighted by molar-refractivity contribution is 7.89. The van der Waals surface area contributed by atoms with Crippen LogP contribution in [0.15, 0.2) is 18.2 Å². The van der Waals surface area contributed by atoms with E-state index in [1.165, 1.54) is 5.56 Å². The van der Waals surface area contributed by atoms with Gasteiger partial charge in [-0.15, -0.1) is 0 Å². The lowest BCUT2D eigenvalue weighted by Crippen LogP contribution is -2.47. The molecule has 1 aliphatic heterocycles. The first-order valence-electron chi connectivity index (χ1n) is 7.13. The SMILES string of the molecule is Cc1ccc(CC(=O)N2CCCC(S(N)(=O)=O)C2)cc1C. The molecule has 21 heavy (non-hydrogen) atoms. The lowest BCUT2D eigenvalue weighted by atomic mass is 10.0. The van der Waals surface area contributed by atoms with Crippen molar-refractivity contribution in [3.05, 3.63) is 34.9 Å². The highest BCUT2D eigenvalue weighted by Crippen LogP contribution is 2.17. The van der Waals surface area contributed by atoms with Crippen LogP contribution in [-0.2, 0) is 21.2 Å². The Kier molecular flexibility index (Phi) is 4.68. The topological polar surface area (TPSA) is 80.5 Å². The molecule has 6 heteroatoms. The van der Waals surface area contributed by atoms with Crippen LogP contribution < -0.4 is 5.14 Å². The van der Waals surface area contributed by atoms with Crippen molar-refractivity contribution >= 4 is 15.9 Å². The predicted molar refractivity (Wildman–Crippen MR) is 82.3 cm³/mol. The summed E-state index contributed by atoms with van der Waals surface area (Å²) in [7, 11) is -3.57. The Hall–Kier alpha value is -1.40. The van der Waals surface area contributed by atoms with Gasteiger partial charge in [-0.05, 0) is 43.4 Å². The number of nitrogens with zero attached hydrogens (tertiary/aromatic N) is 1. The average molecular weight is 310 g/mol. The number of benzene rings is 1. The molecule has 1 aromatic rings. The fourth-order valence-corrected chi connectivity index (χ4v) is 3.52. The summed E-state index contributed by atoms with van der Waals surface area (Å²) in [5.41, 5.74) is 3.31. The van der Waals surface area contributed by atoms with E-state index in [0.717, 1.165) is 11.1 Å². The predicted octanol–water partition coefficient (Wildman–Crippen LogP) is 1.13. The number of amides is 1. The highest BCUT2D eigenvalue weighted by Gasteiger charge is 2.30. The average Bonchev–Trinajstić information content (AvgIpc) is 2.42. The second-order valence-corrected chi connectivity index (χ2v) is 7.63. The van der Waals surface area contributed by atoms with Gasteiger partial charge in [0, 0.05) is 13.1 Å². The molecular weight excluding hydrogens is 288 g/mol. The maximum Gasteiger partial charge on any atom is 0.227 e. The van der Waals surface area contributed by atoms with Gasteiger partial charge in [-0.25, -0.2) is 13.6 Å². The van der Waals surface area contributed by atoms with Gasteiger partial charge in [0.25, 0.3) is 0 Å². The number of rotatable bonds is 3. The van der Waals surface area contributed by atoms with E-state index in [-0.39, 0.29) is 12.5 Å². The largest absolute Gasteiger partial charge is 0.341 e. The molecule has 2 N–H and O–H groups in total. The Morgan fingerprint density at radius 1 is 1.33 bits per heavy atom. The Morgan fingerprint density at radius 3 is 2.67 bits per heavy atom. The van der Waals surface area contributed by atoms with Crippen LogP contribution in [0, 0.1) is 13.8 Å². The molecule has 1 fully saturated rings. The van der Waals surface area contributed by atoms with Gasteiger partial charge in [0.15, 0.2) is 0 Å². The number of primary sulfonamides is 1. The minimum atomic E-state index is -3.57. The molecule has 1 heterocycles. The van der Waals surface area contributed by atoms with Crippen molar-refractivity contribution in [2.45, 2.75) is 38.4 Å². The van der Waals surface area contributed by atoms with Gasteiger partial charge in [-0.1, -0.05) is 18.2 Å². The summed E-state index contributed by atoms with van der Waals surface area (Å²) in [4.78, 5) is 13.9. The smallest absolute Gasteiger partial charge is 0.227 e. The molecule has 1 atom stereocenters. The van der Waals surface area contributed by atoms with Crippen LogP contribution in [0.1, 0.15) is 29.5 Å². The van der Waals surface area contributed by atoms with Gasteiger partial charge in [-0.2, -0.15) is 0 Å². The summed E-state index contributed by atoms with van der Waals surface area (Å²) in [5, 5.41) is 4.57. The van der Waals surface area contributed by atoms with E-state index >= 15 is 0 Å². The number of sulfonamides is 1. The quantitative estimate of drug-likeness (QED) is 0.908. The van der Waals surface area contributed by atoms with Crippen LogP contribution in [-0.4, -0.2) is 37.6 Å². The van der Waals surface area contributed by atoms with E-state index in [1.807, 2.05) is 32.0 Å². The Balaban J connectivity index is 2.04. The minimum Gasteiger partial charge on any atom is -0.341 e. The molecular formula is C15H22N2O3S. The standard InChI is InChI=1S/C15H22N2O3S/c1-11-5-6-13(8-12(11)2)9-15(18)17-7-3-4-14(10-17)21(16,19)20/h5-6,8,14H,3-4,7,9-10H2,1-2H3,(H2,16,19,20).